The number of hydrogen-bond donors (Lipinski definition) is 0. The highest BCUT2D eigenvalue weighted by molar-refractivity contribution is 5.77. The predicted molar refractivity (Wildman–Crippen MR) is 56.0 cm³/mol. The van der Waals surface area contributed by atoms with Gasteiger partial charge < -0.3 is 9.64 Å². The molecule has 0 bridgehead atoms. The molecule has 0 aromatic carbocycles. The molecule has 1 saturated heterocycles. The molecule has 1 rings (SSSR count). The molecule has 1 fully saturated rings. The summed E-state index contributed by atoms with van der Waals surface area (Å²) in [5.74, 6) is 0.702. The SMILES string of the molecule is CC(C)CC(=O)N1[C@H](C)COC[C@@H]1C. The van der Waals surface area contributed by atoms with Crippen molar-refractivity contribution >= 4 is 5.91 Å². The minimum Gasteiger partial charge on any atom is -0.377 e. The second-order valence-corrected chi connectivity index (χ2v) is 4.63. The molecule has 2 atom stereocenters. The number of nitrogens with zero attached hydrogens (tertiary/aromatic N) is 1. The van der Waals surface area contributed by atoms with Gasteiger partial charge in [-0.2, -0.15) is 0 Å². The fourth-order valence-corrected chi connectivity index (χ4v) is 1.95. The van der Waals surface area contributed by atoms with Gasteiger partial charge in [-0.25, -0.2) is 0 Å². The summed E-state index contributed by atoms with van der Waals surface area (Å²) in [7, 11) is 0. The molecule has 1 aliphatic rings. The van der Waals surface area contributed by atoms with Crippen LogP contribution in [0.25, 0.3) is 0 Å². The van der Waals surface area contributed by atoms with Crippen molar-refractivity contribution in [3.63, 3.8) is 0 Å². The minimum atomic E-state index is 0.227. The highest BCUT2D eigenvalue weighted by atomic mass is 16.5. The van der Waals surface area contributed by atoms with Gasteiger partial charge in [-0.3, -0.25) is 4.79 Å². The van der Waals surface area contributed by atoms with E-state index in [1.807, 2.05) is 18.7 Å². The summed E-state index contributed by atoms with van der Waals surface area (Å²) in [6.07, 6.45) is 0.647. The normalized spacial score (nSPS) is 28.2. The van der Waals surface area contributed by atoms with Crippen LogP contribution >= 0.6 is 0 Å². The highest BCUT2D eigenvalue weighted by Gasteiger charge is 2.29. The largest absolute Gasteiger partial charge is 0.377 e. The number of hydrogen-bond acceptors (Lipinski definition) is 2. The van der Waals surface area contributed by atoms with Crippen molar-refractivity contribution in [1.82, 2.24) is 4.90 Å². The van der Waals surface area contributed by atoms with E-state index in [0.717, 1.165) is 0 Å². The molecular formula is C11H21NO2. The summed E-state index contributed by atoms with van der Waals surface area (Å²) in [5.41, 5.74) is 0. The van der Waals surface area contributed by atoms with Crippen LogP contribution in [0.2, 0.25) is 0 Å². The Morgan fingerprint density at radius 1 is 1.36 bits per heavy atom. The first-order chi connectivity index (χ1) is 6.52. The first-order valence-electron chi connectivity index (χ1n) is 5.41. The molecule has 0 unspecified atom stereocenters. The van der Waals surface area contributed by atoms with Gasteiger partial charge in [-0.1, -0.05) is 13.8 Å². The first kappa shape index (κ1) is 11.5. The van der Waals surface area contributed by atoms with Gasteiger partial charge in [0.25, 0.3) is 0 Å². The molecule has 1 aliphatic heterocycles. The third-order valence-corrected chi connectivity index (χ3v) is 2.54. The van der Waals surface area contributed by atoms with Crippen molar-refractivity contribution < 1.29 is 9.53 Å². The predicted octanol–water partition coefficient (Wildman–Crippen LogP) is 1.67. The number of ether oxygens (including phenoxy) is 1. The van der Waals surface area contributed by atoms with Crippen LogP contribution in [0.3, 0.4) is 0 Å². The maximum Gasteiger partial charge on any atom is 0.223 e. The van der Waals surface area contributed by atoms with Crippen LogP contribution in [0.5, 0.6) is 0 Å². The summed E-state index contributed by atoms with van der Waals surface area (Å²) in [5, 5.41) is 0. The Labute approximate surface area is 86.4 Å². The second kappa shape index (κ2) is 4.78. The van der Waals surface area contributed by atoms with Gasteiger partial charge >= 0.3 is 0 Å². The van der Waals surface area contributed by atoms with E-state index in [2.05, 4.69) is 13.8 Å². The lowest BCUT2D eigenvalue weighted by Gasteiger charge is -2.39. The van der Waals surface area contributed by atoms with E-state index in [1.165, 1.54) is 0 Å². The Morgan fingerprint density at radius 3 is 2.29 bits per heavy atom. The summed E-state index contributed by atoms with van der Waals surface area (Å²) in [6.45, 7) is 9.60. The third kappa shape index (κ3) is 2.71. The molecule has 0 aromatic rings. The molecule has 0 saturated carbocycles. The quantitative estimate of drug-likeness (QED) is 0.677. The van der Waals surface area contributed by atoms with Crippen LogP contribution in [0.15, 0.2) is 0 Å². The van der Waals surface area contributed by atoms with Crippen molar-refractivity contribution in [2.24, 2.45) is 5.92 Å². The lowest BCUT2D eigenvalue weighted by Crippen LogP contribution is -2.52. The molecule has 0 aliphatic carbocycles. The molecule has 82 valence electrons. The topological polar surface area (TPSA) is 29.5 Å². The summed E-state index contributed by atoms with van der Waals surface area (Å²) in [6, 6.07) is 0.454. The summed E-state index contributed by atoms with van der Waals surface area (Å²) in [4.78, 5) is 13.9. The molecule has 1 heterocycles. The van der Waals surface area contributed by atoms with Gasteiger partial charge in [0.15, 0.2) is 0 Å². The fourth-order valence-electron chi connectivity index (χ4n) is 1.95. The van der Waals surface area contributed by atoms with Gasteiger partial charge in [0.1, 0.15) is 0 Å². The Hall–Kier alpha value is -0.570. The minimum absolute atomic E-state index is 0.227. The molecule has 3 nitrogen and oxygen atoms in total. The Bertz CT molecular complexity index is 193. The van der Waals surface area contributed by atoms with E-state index in [4.69, 9.17) is 4.74 Å². The lowest BCUT2D eigenvalue weighted by atomic mass is 10.1. The number of amides is 1. The number of morpholine rings is 1. The van der Waals surface area contributed by atoms with E-state index in [0.29, 0.717) is 25.6 Å². The van der Waals surface area contributed by atoms with Gasteiger partial charge in [0.05, 0.1) is 25.3 Å². The molecule has 0 spiro atoms. The van der Waals surface area contributed by atoms with E-state index < -0.39 is 0 Å². The van der Waals surface area contributed by atoms with Gasteiger partial charge in [0, 0.05) is 6.42 Å². The van der Waals surface area contributed by atoms with Crippen molar-refractivity contribution in [3.05, 3.63) is 0 Å². The standard InChI is InChI=1S/C11H21NO2/c1-8(2)5-11(13)12-9(3)6-14-7-10(12)4/h8-10H,5-7H2,1-4H3/t9-,10+. The molecule has 0 aromatic heterocycles. The van der Waals surface area contributed by atoms with Crippen LogP contribution < -0.4 is 0 Å². The molecule has 0 N–H and O–H groups in total. The van der Waals surface area contributed by atoms with Crippen LogP contribution in [0.1, 0.15) is 34.1 Å². The van der Waals surface area contributed by atoms with Gasteiger partial charge in [-0.05, 0) is 19.8 Å². The zero-order chi connectivity index (χ0) is 10.7. The third-order valence-electron chi connectivity index (χ3n) is 2.54. The molecule has 1 amide bonds. The fraction of sp³-hybridized carbons (Fsp3) is 0.909. The average molecular weight is 199 g/mol. The second-order valence-electron chi connectivity index (χ2n) is 4.63. The molecule has 3 heteroatoms. The molecule has 14 heavy (non-hydrogen) atoms. The van der Waals surface area contributed by atoms with Crippen molar-refractivity contribution in [2.75, 3.05) is 13.2 Å². The monoisotopic (exact) mass is 199 g/mol. The van der Waals surface area contributed by atoms with Gasteiger partial charge in [0.2, 0.25) is 5.91 Å². The average Bonchev–Trinajstić information content (AvgIpc) is 2.01. The van der Waals surface area contributed by atoms with Crippen LogP contribution in [0.4, 0.5) is 0 Å². The zero-order valence-electron chi connectivity index (χ0n) is 9.62. The number of carbonyl (C=O) groups excluding carboxylic acids is 1. The Balaban J connectivity index is 2.58. The Morgan fingerprint density at radius 2 is 1.86 bits per heavy atom. The van der Waals surface area contributed by atoms with E-state index in [-0.39, 0.29) is 18.0 Å². The Kier molecular flexibility index (Phi) is 3.93. The van der Waals surface area contributed by atoms with Crippen molar-refractivity contribution in [3.8, 4) is 0 Å². The maximum absolute atomic E-state index is 11.9. The summed E-state index contributed by atoms with van der Waals surface area (Å²) >= 11 is 0. The van der Waals surface area contributed by atoms with E-state index in [1.54, 1.807) is 0 Å². The zero-order valence-corrected chi connectivity index (χ0v) is 9.62. The lowest BCUT2D eigenvalue weighted by molar-refractivity contribution is -0.144. The molecular weight excluding hydrogens is 178 g/mol. The number of carbonyl (C=O) groups is 1. The number of rotatable bonds is 2. The van der Waals surface area contributed by atoms with Crippen molar-refractivity contribution in [1.29, 1.82) is 0 Å². The highest BCUT2D eigenvalue weighted by Crippen LogP contribution is 2.16. The van der Waals surface area contributed by atoms with Crippen LogP contribution in [0, 0.1) is 5.92 Å². The van der Waals surface area contributed by atoms with Crippen LogP contribution in [-0.2, 0) is 9.53 Å². The van der Waals surface area contributed by atoms with Crippen molar-refractivity contribution in [2.45, 2.75) is 46.2 Å². The smallest absolute Gasteiger partial charge is 0.223 e. The first-order valence-corrected chi connectivity index (χ1v) is 5.41. The maximum atomic E-state index is 11.9. The summed E-state index contributed by atoms with van der Waals surface area (Å²) < 4.78 is 5.39. The van der Waals surface area contributed by atoms with Crippen LogP contribution in [-0.4, -0.2) is 36.1 Å². The van der Waals surface area contributed by atoms with E-state index in [9.17, 15) is 4.79 Å². The molecule has 0 radical (unpaired) electrons. The van der Waals surface area contributed by atoms with E-state index >= 15 is 0 Å². The van der Waals surface area contributed by atoms with Gasteiger partial charge in [-0.15, -0.1) is 0 Å².